The van der Waals surface area contributed by atoms with Gasteiger partial charge in [0, 0.05) is 28.0 Å². The summed E-state index contributed by atoms with van der Waals surface area (Å²) in [6.45, 7) is 9.37. The number of thioether (sulfide) groups is 7. The van der Waals surface area contributed by atoms with Gasteiger partial charge in [-0.1, -0.05) is 160 Å². The first kappa shape index (κ1) is 57.9. The van der Waals surface area contributed by atoms with Gasteiger partial charge >= 0.3 is 5.97 Å². The van der Waals surface area contributed by atoms with E-state index in [0.29, 0.717) is 98.8 Å². The van der Waals surface area contributed by atoms with Crippen molar-refractivity contribution >= 4 is 112 Å². The van der Waals surface area contributed by atoms with Crippen LogP contribution in [-0.4, -0.2) is 107 Å². The topological polar surface area (TPSA) is 116 Å². The van der Waals surface area contributed by atoms with Gasteiger partial charge in [-0.3, -0.25) is 14.4 Å². The molecule has 0 bridgehead atoms. The van der Waals surface area contributed by atoms with Crippen molar-refractivity contribution in [1.29, 1.82) is 0 Å². The largest absolute Gasteiger partial charge is 0.463 e. The number of ketones is 2. The molecule has 2 aliphatic carbocycles. The zero-order valence-corrected chi connectivity index (χ0v) is 47.5. The Balaban J connectivity index is 0.663. The highest BCUT2D eigenvalue weighted by Gasteiger charge is 2.38. The second-order valence-corrected chi connectivity index (χ2v) is 25.5. The van der Waals surface area contributed by atoms with Crippen molar-refractivity contribution in [2.24, 2.45) is 0 Å². The first-order valence-electron chi connectivity index (χ1n) is 25.3. The fourth-order valence-corrected chi connectivity index (χ4v) is 17.6. The van der Waals surface area contributed by atoms with Gasteiger partial charge in [-0.05, 0) is 59.1 Å². The van der Waals surface area contributed by atoms with E-state index in [0.717, 1.165) is 11.3 Å². The number of carbonyl (C=O) groups excluding carboxylic acids is 3. The normalized spacial score (nSPS) is 15.2. The van der Waals surface area contributed by atoms with E-state index in [-0.39, 0.29) is 42.7 Å². The molecule has 7 rings (SSSR count). The van der Waals surface area contributed by atoms with E-state index in [1.54, 1.807) is 60.7 Å². The molecule has 0 aromatic heterocycles. The lowest BCUT2D eigenvalue weighted by molar-refractivity contribution is -0.144. The molecule has 17 heteroatoms. The Morgan fingerprint density at radius 1 is 0.534 bits per heavy atom. The van der Waals surface area contributed by atoms with E-state index in [1.807, 2.05) is 77.0 Å². The minimum atomic E-state index is -0.381. The van der Waals surface area contributed by atoms with Crippen LogP contribution in [0.3, 0.4) is 0 Å². The van der Waals surface area contributed by atoms with Crippen LogP contribution >= 0.6 is 82.3 Å². The molecule has 3 aromatic carbocycles. The number of esters is 1. The summed E-state index contributed by atoms with van der Waals surface area (Å²) in [5.41, 5.74) is 3.56. The average molecular weight is 1120 g/mol. The number of unbranched alkanes of at least 4 members (excludes halogenated alkanes) is 6. The smallest absolute Gasteiger partial charge is 0.310 e. The monoisotopic (exact) mass is 1120 g/mol. The molecular weight excluding hydrogens is 1060 g/mol. The number of hydrogen-bond acceptors (Lipinski definition) is 17. The van der Waals surface area contributed by atoms with Gasteiger partial charge in [-0.15, -0.1) is 35.3 Å². The molecule has 0 spiro atoms. The average Bonchev–Trinajstić information content (AvgIpc) is 4.06. The molecule has 0 saturated heterocycles. The lowest BCUT2D eigenvalue weighted by Gasteiger charge is -2.27. The highest BCUT2D eigenvalue weighted by Crippen LogP contribution is 2.63. The molecule has 10 nitrogen and oxygen atoms in total. The third-order valence-corrected chi connectivity index (χ3v) is 21.4. The minimum absolute atomic E-state index is 0.0720. The Morgan fingerprint density at radius 2 is 1.10 bits per heavy atom. The highest BCUT2D eigenvalue weighted by atomic mass is 32.3. The van der Waals surface area contributed by atoms with Crippen LogP contribution in [0.4, 0.5) is 0 Å². The van der Waals surface area contributed by atoms with Crippen LogP contribution in [0.1, 0.15) is 103 Å². The van der Waals surface area contributed by atoms with Crippen LogP contribution in [0, 0.1) is 0 Å². The highest BCUT2D eigenvalue weighted by molar-refractivity contribution is 8.43. The quantitative estimate of drug-likeness (QED) is 0.0410. The lowest BCUT2D eigenvalue weighted by Crippen LogP contribution is -2.25. The van der Waals surface area contributed by atoms with E-state index < -0.39 is 0 Å². The number of hydrogen-bond donors (Lipinski definition) is 0. The third-order valence-electron chi connectivity index (χ3n) is 11.5. The molecule has 73 heavy (non-hydrogen) atoms. The molecule has 0 fully saturated rings. The molecule has 2 aliphatic heterocycles. The predicted octanol–water partition coefficient (Wildman–Crippen LogP) is 14.5. The number of Topliss-reactive ketones (excluding diaryl/α,β-unsaturated/α-hetero) is 2. The van der Waals surface area contributed by atoms with Crippen molar-refractivity contribution in [2.45, 2.75) is 71.6 Å². The molecule has 0 radical (unpaired) electrons. The van der Waals surface area contributed by atoms with E-state index >= 15 is 0 Å². The summed E-state index contributed by atoms with van der Waals surface area (Å²) >= 11 is 13.8. The number of ether oxygens (including phenoxy) is 7. The van der Waals surface area contributed by atoms with Crippen molar-refractivity contribution in [3.05, 3.63) is 138 Å². The maximum Gasteiger partial charge on any atom is 0.310 e. The van der Waals surface area contributed by atoms with Crippen LogP contribution in [0.15, 0.2) is 111 Å². The van der Waals surface area contributed by atoms with E-state index in [9.17, 15) is 14.4 Å². The van der Waals surface area contributed by atoms with Gasteiger partial charge in [0.2, 0.25) is 0 Å². The van der Waals surface area contributed by atoms with Gasteiger partial charge in [-0.25, -0.2) is 0 Å². The van der Waals surface area contributed by atoms with Crippen molar-refractivity contribution in [1.82, 2.24) is 0 Å². The molecule has 4 aliphatic rings. The maximum atomic E-state index is 13.7. The van der Waals surface area contributed by atoms with Gasteiger partial charge in [-0.2, -0.15) is 0 Å². The predicted molar refractivity (Wildman–Crippen MR) is 310 cm³/mol. The fraction of sp³-hybridized carbons (Fsp3) is 0.446. The second-order valence-electron chi connectivity index (χ2n) is 16.9. The summed E-state index contributed by atoms with van der Waals surface area (Å²) in [4.78, 5) is 39.8. The molecule has 2 heterocycles. The molecule has 0 amide bonds. The summed E-state index contributed by atoms with van der Waals surface area (Å²) < 4.78 is 47.3. The Bertz CT molecular complexity index is 2440. The summed E-state index contributed by atoms with van der Waals surface area (Å²) in [5, 5.41) is 2.30. The van der Waals surface area contributed by atoms with Crippen molar-refractivity contribution in [3.63, 3.8) is 0 Å². The van der Waals surface area contributed by atoms with Crippen LogP contribution < -0.4 is 4.74 Å². The fourth-order valence-electron chi connectivity index (χ4n) is 7.71. The molecule has 0 saturated carbocycles. The van der Waals surface area contributed by atoms with Gasteiger partial charge < -0.3 is 33.2 Å². The van der Waals surface area contributed by atoms with Gasteiger partial charge in [0.05, 0.1) is 99.2 Å². The summed E-state index contributed by atoms with van der Waals surface area (Å²) in [6.07, 6.45) is 12.4. The van der Waals surface area contributed by atoms with Crippen LogP contribution in [0.2, 0.25) is 0 Å². The summed E-state index contributed by atoms with van der Waals surface area (Å²) in [6, 6.07) is 21.4. The molecule has 0 atom stereocenters. The Hall–Kier alpha value is -2.78. The van der Waals surface area contributed by atoms with Crippen molar-refractivity contribution in [2.75, 3.05) is 89.9 Å². The minimum Gasteiger partial charge on any atom is -0.463 e. The molecule has 3 aromatic rings. The van der Waals surface area contributed by atoms with Crippen LogP contribution in [0.25, 0.3) is 11.8 Å². The number of carbonyl (C=O) groups is 3. The zero-order chi connectivity index (χ0) is 50.9. The Kier molecular flexibility index (Phi) is 26.0. The van der Waals surface area contributed by atoms with Crippen LogP contribution in [-0.2, 0) is 39.6 Å². The van der Waals surface area contributed by atoms with Gasteiger partial charge in [0.25, 0.3) is 0 Å². The Labute approximate surface area is 461 Å². The second kappa shape index (κ2) is 32.7. The first-order chi connectivity index (χ1) is 35.9. The SMILES string of the molecule is CCCCCCSC1=C(SCCCCCC)SC(=C2SC=C(SCCOCCOCCOCCOCCOCCOC(=O)Cc3ccc(OC4=C5C(=O)c6ccccc6C=C5C(=O)c5ccccc54)cc3)S2)S1. The third kappa shape index (κ3) is 18.4. The van der Waals surface area contributed by atoms with Crippen LogP contribution in [0.5, 0.6) is 5.75 Å². The van der Waals surface area contributed by atoms with Gasteiger partial charge in [0.15, 0.2) is 11.6 Å². The van der Waals surface area contributed by atoms with E-state index in [1.165, 1.54) is 84.1 Å². The van der Waals surface area contributed by atoms with E-state index in [4.69, 9.17) is 33.2 Å². The molecule has 0 N–H and O–H groups in total. The number of fused-ring (bicyclic) bond motifs is 3. The summed E-state index contributed by atoms with van der Waals surface area (Å²) in [5.74, 6) is 3.31. The van der Waals surface area contributed by atoms with Gasteiger partial charge in [0.1, 0.15) is 18.1 Å². The molecular formula is C56H66O10S7. The standard InChI is InChI=1S/C56H66O10S7/c1-3-5-7-13-34-68-53-54(69-35-14-8-6-4-2)73-56(72-53)55-70-39-48(71-55)67-36-33-64-30-29-62-26-25-60-23-24-61-27-28-63-31-32-65-47(57)37-40-19-21-42(22-20-40)66-52-45-18-12-11-17-44(45)50(58)46-38-41-15-9-10-16-43(41)51(59)49(46)52/h9-12,15-22,38-39H,3-8,13-14,23-37H2,1-2H3. The number of allylic oxidation sites excluding steroid dienone is 2. The van der Waals surface area contributed by atoms with E-state index in [2.05, 4.69) is 42.8 Å². The lowest BCUT2D eigenvalue weighted by atomic mass is 9.77. The van der Waals surface area contributed by atoms with Crippen molar-refractivity contribution in [3.8, 4) is 5.75 Å². The number of benzene rings is 3. The molecule has 0 unspecified atom stereocenters. The Morgan fingerprint density at radius 3 is 1.71 bits per heavy atom. The number of rotatable bonds is 35. The maximum absolute atomic E-state index is 13.7. The summed E-state index contributed by atoms with van der Waals surface area (Å²) in [7, 11) is 0. The molecule has 392 valence electrons. The zero-order valence-electron chi connectivity index (χ0n) is 41.8. The van der Waals surface area contributed by atoms with Crippen molar-refractivity contribution < 1.29 is 47.5 Å². The first-order valence-corrected chi connectivity index (χ1v) is 31.5.